The summed E-state index contributed by atoms with van der Waals surface area (Å²) in [6.07, 6.45) is 13.3. The number of piperidine rings is 1. The normalized spacial score (nSPS) is 19.9. The Hall–Kier alpha value is -2.29. The number of anilines is 1. The first kappa shape index (κ1) is 19.7. The lowest BCUT2D eigenvalue weighted by atomic mass is 9.48. The van der Waals surface area contributed by atoms with Crippen molar-refractivity contribution in [3.63, 3.8) is 0 Å². The Labute approximate surface area is 180 Å². The van der Waals surface area contributed by atoms with E-state index in [2.05, 4.69) is 66.0 Å². The van der Waals surface area contributed by atoms with Gasteiger partial charge in [0, 0.05) is 36.6 Å². The van der Waals surface area contributed by atoms with E-state index in [1.165, 1.54) is 79.4 Å². The Bertz CT molecular complexity index is 1030. The van der Waals surface area contributed by atoms with Crippen molar-refractivity contribution in [1.82, 2.24) is 9.97 Å². The van der Waals surface area contributed by atoms with Crippen LogP contribution in [0.1, 0.15) is 69.1 Å². The second-order valence-corrected chi connectivity index (χ2v) is 10.1. The van der Waals surface area contributed by atoms with Crippen molar-refractivity contribution in [2.45, 2.75) is 65.7 Å². The molecule has 1 spiro atoms. The molecule has 1 saturated carbocycles. The predicted octanol–water partition coefficient (Wildman–Crippen LogP) is 6.65. The molecule has 3 aromatic rings. The zero-order valence-corrected chi connectivity index (χ0v) is 18.8. The van der Waals surface area contributed by atoms with Gasteiger partial charge in [0.25, 0.3) is 0 Å². The molecule has 30 heavy (non-hydrogen) atoms. The summed E-state index contributed by atoms with van der Waals surface area (Å²) in [6, 6.07) is 11.4. The predicted molar refractivity (Wildman–Crippen MR) is 126 cm³/mol. The van der Waals surface area contributed by atoms with E-state index in [-0.39, 0.29) is 0 Å². The molecule has 3 heterocycles. The van der Waals surface area contributed by atoms with Gasteiger partial charge in [0.2, 0.25) is 0 Å². The molecule has 0 bridgehead atoms. The van der Waals surface area contributed by atoms with Gasteiger partial charge < -0.3 is 9.88 Å². The van der Waals surface area contributed by atoms with Gasteiger partial charge in [-0.25, -0.2) is 4.98 Å². The number of hydrogen-bond donors (Lipinski definition) is 1. The molecular weight excluding hydrogens is 366 g/mol. The summed E-state index contributed by atoms with van der Waals surface area (Å²) >= 11 is 0. The van der Waals surface area contributed by atoms with Gasteiger partial charge in [-0.3, -0.25) is 0 Å². The van der Waals surface area contributed by atoms with Crippen molar-refractivity contribution in [2.75, 3.05) is 18.0 Å². The topological polar surface area (TPSA) is 31.9 Å². The van der Waals surface area contributed by atoms with Crippen LogP contribution in [-0.2, 0) is 6.42 Å². The van der Waals surface area contributed by atoms with Gasteiger partial charge in [-0.2, -0.15) is 0 Å². The molecule has 2 fully saturated rings. The maximum absolute atomic E-state index is 4.57. The fourth-order valence-electron chi connectivity index (χ4n) is 6.23. The van der Waals surface area contributed by atoms with E-state index < -0.39 is 0 Å². The highest BCUT2D eigenvalue weighted by Crippen LogP contribution is 2.62. The molecule has 2 aliphatic rings. The van der Waals surface area contributed by atoms with Crippen molar-refractivity contribution in [3.8, 4) is 0 Å². The standard InChI is InChI=1S/C27H35N3/c1-4-26(5-2)18-27(19-26)9-12-30(13-10-27)24-7-6-20(3)23(16-24)15-21-14-22-8-11-28-25(22)29-17-21/h6-8,11,14,16-17H,4-5,9-10,12-13,15,18-19H2,1-3H3,(H,28,29). The maximum Gasteiger partial charge on any atom is 0.137 e. The Morgan fingerprint density at radius 1 is 1.03 bits per heavy atom. The third-order valence-electron chi connectivity index (χ3n) is 8.37. The first-order valence-electron chi connectivity index (χ1n) is 11.8. The molecule has 0 amide bonds. The van der Waals surface area contributed by atoms with Crippen molar-refractivity contribution in [2.24, 2.45) is 10.8 Å². The molecule has 5 rings (SSSR count). The van der Waals surface area contributed by atoms with Crippen LogP contribution in [0.4, 0.5) is 5.69 Å². The molecule has 0 atom stereocenters. The van der Waals surface area contributed by atoms with E-state index in [4.69, 9.17) is 0 Å². The summed E-state index contributed by atoms with van der Waals surface area (Å²) < 4.78 is 0. The lowest BCUT2D eigenvalue weighted by Gasteiger charge is -2.59. The Morgan fingerprint density at radius 2 is 1.80 bits per heavy atom. The Morgan fingerprint density at radius 3 is 2.53 bits per heavy atom. The molecule has 1 saturated heterocycles. The molecule has 3 nitrogen and oxygen atoms in total. The number of nitrogens with one attached hydrogen (secondary N) is 1. The summed E-state index contributed by atoms with van der Waals surface area (Å²) in [7, 11) is 0. The van der Waals surface area contributed by atoms with Gasteiger partial charge >= 0.3 is 0 Å². The number of benzene rings is 1. The highest BCUT2D eigenvalue weighted by molar-refractivity contribution is 5.75. The lowest BCUT2D eigenvalue weighted by molar-refractivity contribution is -0.0631. The van der Waals surface area contributed by atoms with Crippen LogP contribution in [0, 0.1) is 17.8 Å². The van der Waals surface area contributed by atoms with E-state index in [0.29, 0.717) is 10.8 Å². The number of H-pyrrole nitrogens is 1. The summed E-state index contributed by atoms with van der Waals surface area (Å²) in [4.78, 5) is 10.4. The smallest absolute Gasteiger partial charge is 0.137 e. The molecule has 0 unspecified atom stereocenters. The van der Waals surface area contributed by atoms with Crippen LogP contribution in [-0.4, -0.2) is 23.1 Å². The molecular formula is C27H35N3. The van der Waals surface area contributed by atoms with Gasteiger partial charge in [0.05, 0.1) is 0 Å². The molecule has 1 aliphatic carbocycles. The van der Waals surface area contributed by atoms with Crippen LogP contribution in [0.25, 0.3) is 11.0 Å². The first-order valence-corrected chi connectivity index (χ1v) is 11.8. The van der Waals surface area contributed by atoms with Crippen LogP contribution >= 0.6 is 0 Å². The third-order valence-corrected chi connectivity index (χ3v) is 8.37. The summed E-state index contributed by atoms with van der Waals surface area (Å²) in [5.74, 6) is 0. The van der Waals surface area contributed by atoms with Gasteiger partial charge in [0.1, 0.15) is 5.65 Å². The average Bonchev–Trinajstić information content (AvgIpc) is 3.21. The molecule has 3 heteroatoms. The highest BCUT2D eigenvalue weighted by Gasteiger charge is 2.52. The van der Waals surface area contributed by atoms with Crippen LogP contribution < -0.4 is 4.90 Å². The number of hydrogen-bond acceptors (Lipinski definition) is 2. The highest BCUT2D eigenvalue weighted by atomic mass is 15.1. The molecule has 2 aromatic heterocycles. The summed E-state index contributed by atoms with van der Waals surface area (Å²) in [5, 5.41) is 1.19. The number of fused-ring (bicyclic) bond motifs is 1. The number of rotatable bonds is 5. The monoisotopic (exact) mass is 401 g/mol. The van der Waals surface area contributed by atoms with Gasteiger partial charge in [-0.1, -0.05) is 32.8 Å². The number of nitrogens with zero attached hydrogens (tertiary/aromatic N) is 2. The van der Waals surface area contributed by atoms with Crippen LogP contribution in [0.2, 0.25) is 0 Å². The number of aromatic nitrogens is 2. The van der Waals surface area contributed by atoms with E-state index in [0.717, 1.165) is 12.1 Å². The Kier molecular flexibility index (Phi) is 4.88. The van der Waals surface area contributed by atoms with Crippen LogP contribution in [0.15, 0.2) is 42.7 Å². The molecule has 1 N–H and O–H groups in total. The minimum absolute atomic E-state index is 0.647. The molecule has 0 radical (unpaired) electrons. The van der Waals surface area contributed by atoms with Crippen LogP contribution in [0.5, 0.6) is 0 Å². The third kappa shape index (κ3) is 3.42. The van der Waals surface area contributed by atoms with Crippen molar-refractivity contribution >= 4 is 16.7 Å². The second kappa shape index (κ2) is 7.44. The minimum Gasteiger partial charge on any atom is -0.371 e. The van der Waals surface area contributed by atoms with E-state index >= 15 is 0 Å². The minimum atomic E-state index is 0.647. The van der Waals surface area contributed by atoms with Gasteiger partial charge in [0.15, 0.2) is 0 Å². The summed E-state index contributed by atoms with van der Waals surface area (Å²) in [6.45, 7) is 9.44. The Balaban J connectivity index is 1.28. The summed E-state index contributed by atoms with van der Waals surface area (Å²) in [5.41, 5.74) is 7.75. The van der Waals surface area contributed by atoms with E-state index in [1.807, 2.05) is 12.4 Å². The lowest BCUT2D eigenvalue weighted by Crippen LogP contribution is -2.52. The number of aryl methyl sites for hydroxylation is 1. The zero-order chi connectivity index (χ0) is 20.8. The number of aromatic amines is 1. The van der Waals surface area contributed by atoms with Crippen molar-refractivity contribution in [1.29, 1.82) is 0 Å². The van der Waals surface area contributed by atoms with Crippen molar-refractivity contribution in [3.05, 3.63) is 59.4 Å². The van der Waals surface area contributed by atoms with Crippen molar-refractivity contribution < 1.29 is 0 Å². The fourth-order valence-corrected chi connectivity index (χ4v) is 6.23. The van der Waals surface area contributed by atoms with Gasteiger partial charge in [-0.15, -0.1) is 0 Å². The number of pyridine rings is 1. The first-order chi connectivity index (χ1) is 14.5. The van der Waals surface area contributed by atoms with E-state index in [9.17, 15) is 0 Å². The van der Waals surface area contributed by atoms with Crippen LogP contribution in [0.3, 0.4) is 0 Å². The van der Waals surface area contributed by atoms with Gasteiger partial charge in [-0.05, 0) is 90.8 Å². The maximum atomic E-state index is 4.57. The SMILES string of the molecule is CCC1(CC)CC2(CCN(c3ccc(C)c(Cc4cnc5[nH]ccc5c4)c3)CC2)C1. The molecule has 1 aliphatic heterocycles. The second-order valence-electron chi connectivity index (χ2n) is 10.1. The molecule has 158 valence electrons. The average molecular weight is 402 g/mol. The quantitative estimate of drug-likeness (QED) is 0.519. The largest absolute Gasteiger partial charge is 0.371 e. The zero-order valence-electron chi connectivity index (χ0n) is 18.8. The van der Waals surface area contributed by atoms with E-state index in [1.54, 1.807) is 0 Å². The fraction of sp³-hybridized carbons (Fsp3) is 0.519. The molecule has 1 aromatic carbocycles.